The third kappa shape index (κ3) is 16.8. The van der Waals surface area contributed by atoms with Crippen LogP contribution in [-0.4, -0.2) is 30.3 Å². The maximum atomic E-state index is 10.1. The highest BCUT2D eigenvalue weighted by Crippen LogP contribution is 1.75. The molecule has 5 nitrogen and oxygen atoms in total. The Morgan fingerprint density at radius 2 is 2.00 bits per heavy atom. The minimum Gasteiger partial charge on any atom is -0.460 e. The molecule has 0 radical (unpaired) electrons. The van der Waals surface area contributed by atoms with Crippen molar-refractivity contribution in [3.63, 3.8) is 0 Å². The van der Waals surface area contributed by atoms with Gasteiger partial charge in [0.15, 0.2) is 0 Å². The molecule has 80 valence electrons. The normalized spacial score (nSPS) is 7.57. The summed E-state index contributed by atoms with van der Waals surface area (Å²) in [7, 11) is 0. The summed E-state index contributed by atoms with van der Waals surface area (Å²) < 4.78 is 8.50. The molecule has 0 aliphatic heterocycles. The molecule has 0 aromatic rings. The number of ether oxygens (including phenoxy) is 2. The molecule has 5 heteroatoms. The first-order chi connectivity index (χ1) is 6.58. The molecule has 1 N–H and O–H groups in total. The van der Waals surface area contributed by atoms with Crippen molar-refractivity contribution >= 4 is 11.9 Å². The van der Waals surface area contributed by atoms with Crippen LogP contribution in [0, 0.1) is 0 Å². The van der Waals surface area contributed by atoms with Crippen molar-refractivity contribution < 1.29 is 24.2 Å². The van der Waals surface area contributed by atoms with Crippen LogP contribution in [0.15, 0.2) is 25.5 Å². The van der Waals surface area contributed by atoms with E-state index in [0.717, 1.165) is 12.3 Å². The molecule has 0 atom stereocenters. The molecule has 0 spiro atoms. The Morgan fingerprint density at radius 3 is 2.21 bits per heavy atom. The molecule has 0 fully saturated rings. The molecule has 0 heterocycles. The summed E-state index contributed by atoms with van der Waals surface area (Å²) in [6, 6.07) is 0. The minimum atomic E-state index is -0.501. The van der Waals surface area contributed by atoms with Gasteiger partial charge in [-0.15, -0.1) is 0 Å². The number of aliphatic hydroxyl groups is 1. The molecule has 0 bridgehead atoms. The van der Waals surface area contributed by atoms with Crippen LogP contribution >= 0.6 is 0 Å². The lowest BCUT2D eigenvalue weighted by molar-refractivity contribution is -0.138. The van der Waals surface area contributed by atoms with Gasteiger partial charge in [-0.1, -0.05) is 13.2 Å². The van der Waals surface area contributed by atoms with Crippen LogP contribution in [0.1, 0.15) is 6.92 Å². The van der Waals surface area contributed by atoms with E-state index in [-0.39, 0.29) is 19.2 Å². The Balaban J connectivity index is 0. The molecule has 0 unspecified atom stereocenters. The number of hydrogen-bond acceptors (Lipinski definition) is 5. The SMILES string of the molecule is C=CC(=O)OCCO.C=COC(C)=O. The molecule has 0 aromatic heterocycles. The van der Waals surface area contributed by atoms with Crippen LogP contribution in [-0.2, 0) is 19.1 Å². The molecule has 0 rings (SSSR count). The second kappa shape index (κ2) is 11.4. The highest BCUT2D eigenvalue weighted by Gasteiger charge is 1.90. The van der Waals surface area contributed by atoms with Crippen LogP contribution in [0.2, 0.25) is 0 Å². The highest BCUT2D eigenvalue weighted by atomic mass is 16.5. The number of carbonyl (C=O) groups excluding carboxylic acids is 2. The Labute approximate surface area is 82.6 Å². The molecule has 0 aromatic carbocycles. The van der Waals surface area contributed by atoms with E-state index in [0.29, 0.717) is 0 Å². The summed E-state index contributed by atoms with van der Waals surface area (Å²) in [6.45, 7) is 7.54. The zero-order chi connectivity index (χ0) is 11.4. The lowest BCUT2D eigenvalue weighted by atomic mass is 10.6. The summed E-state index contributed by atoms with van der Waals surface area (Å²) in [4.78, 5) is 19.9. The summed E-state index contributed by atoms with van der Waals surface area (Å²) in [5.74, 6) is -0.830. The third-order valence-electron chi connectivity index (χ3n) is 0.752. The van der Waals surface area contributed by atoms with E-state index in [1.54, 1.807) is 0 Å². The van der Waals surface area contributed by atoms with Gasteiger partial charge in [-0.05, 0) is 0 Å². The molecule has 0 aliphatic carbocycles. The van der Waals surface area contributed by atoms with Crippen LogP contribution < -0.4 is 0 Å². The third-order valence-corrected chi connectivity index (χ3v) is 0.752. The first-order valence-corrected chi connectivity index (χ1v) is 3.76. The quantitative estimate of drug-likeness (QED) is 0.406. The van der Waals surface area contributed by atoms with Crippen molar-refractivity contribution in [1.82, 2.24) is 0 Å². The van der Waals surface area contributed by atoms with Gasteiger partial charge >= 0.3 is 11.9 Å². The maximum Gasteiger partial charge on any atom is 0.330 e. The van der Waals surface area contributed by atoms with Crippen LogP contribution in [0.4, 0.5) is 0 Å². The van der Waals surface area contributed by atoms with Gasteiger partial charge in [0.25, 0.3) is 0 Å². The topological polar surface area (TPSA) is 72.8 Å². The van der Waals surface area contributed by atoms with Gasteiger partial charge in [0.2, 0.25) is 0 Å². The van der Waals surface area contributed by atoms with Crippen molar-refractivity contribution in [3.8, 4) is 0 Å². The van der Waals surface area contributed by atoms with Crippen molar-refractivity contribution in [1.29, 1.82) is 0 Å². The van der Waals surface area contributed by atoms with E-state index in [2.05, 4.69) is 22.6 Å². The first-order valence-electron chi connectivity index (χ1n) is 3.76. The fraction of sp³-hybridized carbons (Fsp3) is 0.333. The average molecular weight is 202 g/mol. The Hall–Kier alpha value is -1.62. The lowest BCUT2D eigenvalue weighted by Gasteiger charge is -1.94. The van der Waals surface area contributed by atoms with Gasteiger partial charge < -0.3 is 14.6 Å². The van der Waals surface area contributed by atoms with Gasteiger partial charge in [-0.25, -0.2) is 4.79 Å². The second-order valence-corrected chi connectivity index (χ2v) is 1.87. The molecular weight excluding hydrogens is 188 g/mol. The standard InChI is InChI=1S/C5H8O3.C4H6O2/c1-2-5(7)8-4-3-6;1-3-6-4(2)5/h2,6H,1,3-4H2;3H,1H2,2H3. The fourth-order valence-corrected chi connectivity index (χ4v) is 0.323. The van der Waals surface area contributed by atoms with Crippen molar-refractivity contribution in [2.45, 2.75) is 6.92 Å². The van der Waals surface area contributed by atoms with Crippen LogP contribution in [0.25, 0.3) is 0 Å². The van der Waals surface area contributed by atoms with E-state index in [1.807, 2.05) is 0 Å². The molecule has 0 saturated carbocycles. The van der Waals surface area contributed by atoms with Crippen LogP contribution in [0.5, 0.6) is 0 Å². The number of hydrogen-bond donors (Lipinski definition) is 1. The molecular formula is C9H14O5. The van der Waals surface area contributed by atoms with Gasteiger partial charge in [-0.2, -0.15) is 0 Å². The van der Waals surface area contributed by atoms with E-state index in [9.17, 15) is 9.59 Å². The average Bonchev–Trinajstić information content (AvgIpc) is 2.15. The maximum absolute atomic E-state index is 10.1. The highest BCUT2D eigenvalue weighted by molar-refractivity contribution is 5.81. The molecule has 14 heavy (non-hydrogen) atoms. The molecule has 0 amide bonds. The van der Waals surface area contributed by atoms with E-state index in [4.69, 9.17) is 5.11 Å². The fourth-order valence-electron chi connectivity index (χ4n) is 0.323. The predicted molar refractivity (Wildman–Crippen MR) is 50.2 cm³/mol. The van der Waals surface area contributed by atoms with Gasteiger partial charge in [0.05, 0.1) is 12.9 Å². The monoisotopic (exact) mass is 202 g/mol. The number of esters is 2. The zero-order valence-electron chi connectivity index (χ0n) is 8.06. The Kier molecular flexibility index (Phi) is 12.1. The lowest BCUT2D eigenvalue weighted by Crippen LogP contribution is -2.04. The van der Waals surface area contributed by atoms with Crippen molar-refractivity contribution in [3.05, 3.63) is 25.5 Å². The van der Waals surface area contributed by atoms with Gasteiger partial charge in [0, 0.05) is 13.0 Å². The Morgan fingerprint density at radius 1 is 1.43 bits per heavy atom. The zero-order valence-corrected chi connectivity index (χ0v) is 8.06. The minimum absolute atomic E-state index is 0.0465. The molecule has 0 aliphatic rings. The Bertz CT molecular complexity index is 197. The summed E-state index contributed by atoms with van der Waals surface area (Å²) in [5.41, 5.74) is 0. The van der Waals surface area contributed by atoms with E-state index >= 15 is 0 Å². The van der Waals surface area contributed by atoms with Crippen LogP contribution in [0.3, 0.4) is 0 Å². The largest absolute Gasteiger partial charge is 0.460 e. The van der Waals surface area contributed by atoms with E-state index in [1.165, 1.54) is 6.92 Å². The first kappa shape index (κ1) is 14.9. The summed E-state index contributed by atoms with van der Waals surface area (Å²) in [6.07, 6.45) is 2.15. The van der Waals surface area contributed by atoms with Crippen molar-refractivity contribution in [2.75, 3.05) is 13.2 Å². The van der Waals surface area contributed by atoms with E-state index < -0.39 is 5.97 Å². The molecule has 0 saturated heterocycles. The second-order valence-electron chi connectivity index (χ2n) is 1.87. The summed E-state index contributed by atoms with van der Waals surface area (Å²) in [5, 5.41) is 8.10. The summed E-state index contributed by atoms with van der Waals surface area (Å²) >= 11 is 0. The number of rotatable bonds is 4. The van der Waals surface area contributed by atoms with Gasteiger partial charge in [-0.3, -0.25) is 4.79 Å². The smallest absolute Gasteiger partial charge is 0.330 e. The number of aliphatic hydroxyl groups excluding tert-OH is 1. The van der Waals surface area contributed by atoms with Crippen molar-refractivity contribution in [2.24, 2.45) is 0 Å². The predicted octanol–water partition coefficient (Wildman–Crippen LogP) is 0.401. The van der Waals surface area contributed by atoms with Gasteiger partial charge in [0.1, 0.15) is 6.61 Å². The number of carbonyl (C=O) groups is 2.